The number of anilines is 1. The number of nitrogens with one attached hydrogen (secondary N) is 1. The maximum absolute atomic E-state index is 12.2. The van der Waals surface area contributed by atoms with Crippen LogP contribution in [0.3, 0.4) is 0 Å². The number of carbonyl (C=O) groups is 1. The number of benzene rings is 1. The van der Waals surface area contributed by atoms with Gasteiger partial charge in [-0.1, -0.05) is 6.92 Å². The van der Waals surface area contributed by atoms with Crippen LogP contribution in [0.1, 0.15) is 48.5 Å². The molecule has 1 aromatic carbocycles. The van der Waals surface area contributed by atoms with Gasteiger partial charge in [0.15, 0.2) is 0 Å². The summed E-state index contributed by atoms with van der Waals surface area (Å²) in [5.74, 6) is 0.528. The summed E-state index contributed by atoms with van der Waals surface area (Å²) in [4.78, 5) is 12.2. The van der Waals surface area contributed by atoms with Crippen LogP contribution in [0.5, 0.6) is 0 Å². The van der Waals surface area contributed by atoms with Crippen LogP contribution >= 0.6 is 0 Å². The number of hydrogen-bond acceptors (Lipinski definition) is 3. The van der Waals surface area contributed by atoms with Gasteiger partial charge in [-0.05, 0) is 62.3 Å². The minimum Gasteiger partial charge on any atom is -0.399 e. The van der Waals surface area contributed by atoms with Crippen LogP contribution in [-0.2, 0) is 0 Å². The molecule has 1 aliphatic carbocycles. The van der Waals surface area contributed by atoms with Crippen LogP contribution in [0, 0.1) is 12.8 Å². The molecule has 0 saturated heterocycles. The van der Waals surface area contributed by atoms with E-state index in [0.717, 1.165) is 31.2 Å². The van der Waals surface area contributed by atoms with Gasteiger partial charge in [0.25, 0.3) is 5.91 Å². The first-order valence-electron chi connectivity index (χ1n) is 7.26. The van der Waals surface area contributed by atoms with Gasteiger partial charge < -0.3 is 16.2 Å². The number of aryl methyl sites for hydroxylation is 1. The van der Waals surface area contributed by atoms with E-state index in [1.165, 1.54) is 0 Å². The van der Waals surface area contributed by atoms with Crippen LogP contribution in [0.15, 0.2) is 18.2 Å². The lowest BCUT2D eigenvalue weighted by molar-refractivity contribution is -0.00540. The lowest BCUT2D eigenvalue weighted by atomic mass is 9.79. The fourth-order valence-corrected chi connectivity index (χ4v) is 2.76. The molecule has 4 nitrogen and oxygen atoms in total. The largest absolute Gasteiger partial charge is 0.399 e. The fourth-order valence-electron chi connectivity index (χ4n) is 2.76. The van der Waals surface area contributed by atoms with Crippen LogP contribution in [0.2, 0.25) is 0 Å². The normalized spacial score (nSPS) is 26.2. The first-order chi connectivity index (χ1) is 9.39. The van der Waals surface area contributed by atoms with Crippen molar-refractivity contribution in [1.29, 1.82) is 0 Å². The van der Waals surface area contributed by atoms with E-state index < -0.39 is 5.60 Å². The summed E-state index contributed by atoms with van der Waals surface area (Å²) in [6.45, 7) is 4.39. The Labute approximate surface area is 120 Å². The van der Waals surface area contributed by atoms with Crippen LogP contribution < -0.4 is 11.1 Å². The van der Waals surface area contributed by atoms with Crippen LogP contribution in [0.25, 0.3) is 0 Å². The number of aliphatic hydroxyl groups is 1. The minimum atomic E-state index is -0.746. The predicted molar refractivity (Wildman–Crippen MR) is 80.5 cm³/mol. The summed E-state index contributed by atoms with van der Waals surface area (Å²) in [5, 5.41) is 13.3. The van der Waals surface area contributed by atoms with Crippen molar-refractivity contribution in [2.75, 3.05) is 12.3 Å². The number of nitrogen functional groups attached to an aromatic ring is 1. The molecular formula is C16H24N2O2. The van der Waals surface area contributed by atoms with Crippen LogP contribution in [0.4, 0.5) is 5.69 Å². The molecule has 0 aromatic heterocycles. The molecule has 0 heterocycles. The fraction of sp³-hybridized carbons (Fsp3) is 0.562. The van der Waals surface area contributed by atoms with Crippen molar-refractivity contribution in [2.45, 2.75) is 45.1 Å². The van der Waals surface area contributed by atoms with Gasteiger partial charge in [0.05, 0.1) is 5.60 Å². The zero-order valence-electron chi connectivity index (χ0n) is 12.3. The van der Waals surface area contributed by atoms with E-state index >= 15 is 0 Å². The second-order valence-electron chi connectivity index (χ2n) is 6.16. The molecule has 1 aliphatic rings. The molecule has 4 N–H and O–H groups in total. The molecule has 0 aliphatic heterocycles. The van der Waals surface area contributed by atoms with E-state index in [2.05, 4.69) is 12.2 Å². The van der Waals surface area contributed by atoms with Gasteiger partial charge in [0.1, 0.15) is 0 Å². The zero-order chi connectivity index (χ0) is 14.8. The molecule has 110 valence electrons. The summed E-state index contributed by atoms with van der Waals surface area (Å²) in [6, 6.07) is 5.23. The number of nitrogens with two attached hydrogens (primary N) is 1. The van der Waals surface area contributed by atoms with E-state index in [1.54, 1.807) is 18.2 Å². The number of rotatable bonds is 3. The van der Waals surface area contributed by atoms with E-state index in [4.69, 9.17) is 5.73 Å². The lowest BCUT2D eigenvalue weighted by Crippen LogP contribution is -2.45. The van der Waals surface area contributed by atoms with Crippen LogP contribution in [-0.4, -0.2) is 23.2 Å². The van der Waals surface area contributed by atoms with Gasteiger partial charge in [-0.2, -0.15) is 0 Å². The molecule has 0 spiro atoms. The summed E-state index contributed by atoms with van der Waals surface area (Å²) in [5.41, 5.74) is 7.06. The molecular weight excluding hydrogens is 252 g/mol. The average Bonchev–Trinajstić information content (AvgIpc) is 2.40. The molecule has 0 atom stereocenters. The summed E-state index contributed by atoms with van der Waals surface area (Å²) in [6.07, 6.45) is 3.56. The molecule has 0 radical (unpaired) electrons. The third-order valence-corrected chi connectivity index (χ3v) is 4.28. The highest BCUT2D eigenvalue weighted by Gasteiger charge is 2.32. The van der Waals surface area contributed by atoms with E-state index in [9.17, 15) is 9.90 Å². The number of hydrogen-bond donors (Lipinski definition) is 3. The predicted octanol–water partition coefficient (Wildman–Crippen LogP) is 2.25. The Hall–Kier alpha value is -1.55. The first kappa shape index (κ1) is 14.9. The maximum atomic E-state index is 12.2. The zero-order valence-corrected chi connectivity index (χ0v) is 12.3. The number of carbonyl (C=O) groups excluding carboxylic acids is 1. The Morgan fingerprint density at radius 2 is 2.10 bits per heavy atom. The standard InChI is InChI=1S/C16H24N2O2/c1-11-5-7-16(20,8-6-11)10-18-15(19)14-4-3-13(17)9-12(14)2/h3-4,9,11,20H,5-8,10,17H2,1-2H3,(H,18,19). The average molecular weight is 276 g/mol. The van der Waals surface area contributed by atoms with E-state index in [1.807, 2.05) is 6.92 Å². The van der Waals surface area contributed by atoms with Gasteiger partial charge in [-0.3, -0.25) is 4.79 Å². The molecule has 20 heavy (non-hydrogen) atoms. The SMILES string of the molecule is Cc1cc(N)ccc1C(=O)NCC1(O)CCC(C)CC1. The number of amides is 1. The highest BCUT2D eigenvalue weighted by molar-refractivity contribution is 5.96. The van der Waals surface area contributed by atoms with Crippen molar-refractivity contribution in [3.63, 3.8) is 0 Å². The van der Waals surface area contributed by atoms with Gasteiger partial charge >= 0.3 is 0 Å². The Balaban J connectivity index is 1.95. The molecule has 0 bridgehead atoms. The summed E-state index contributed by atoms with van der Waals surface area (Å²) < 4.78 is 0. The van der Waals surface area contributed by atoms with Gasteiger partial charge in [-0.25, -0.2) is 0 Å². The van der Waals surface area contributed by atoms with Crippen molar-refractivity contribution >= 4 is 11.6 Å². The smallest absolute Gasteiger partial charge is 0.251 e. The van der Waals surface area contributed by atoms with E-state index in [0.29, 0.717) is 23.7 Å². The second kappa shape index (κ2) is 5.83. The molecule has 1 amide bonds. The third-order valence-electron chi connectivity index (χ3n) is 4.28. The highest BCUT2D eigenvalue weighted by Crippen LogP contribution is 2.31. The Morgan fingerprint density at radius 1 is 1.45 bits per heavy atom. The summed E-state index contributed by atoms with van der Waals surface area (Å²) >= 11 is 0. The lowest BCUT2D eigenvalue weighted by Gasteiger charge is -2.35. The molecule has 0 unspecified atom stereocenters. The van der Waals surface area contributed by atoms with Gasteiger partial charge in [0, 0.05) is 17.8 Å². The second-order valence-corrected chi connectivity index (χ2v) is 6.16. The van der Waals surface area contributed by atoms with Gasteiger partial charge in [-0.15, -0.1) is 0 Å². The van der Waals surface area contributed by atoms with Gasteiger partial charge in [0.2, 0.25) is 0 Å². The van der Waals surface area contributed by atoms with Crippen molar-refractivity contribution in [1.82, 2.24) is 5.32 Å². The minimum absolute atomic E-state index is 0.144. The Bertz CT molecular complexity index is 491. The molecule has 4 heteroatoms. The van der Waals surface area contributed by atoms with Crippen molar-refractivity contribution < 1.29 is 9.90 Å². The van der Waals surface area contributed by atoms with Crippen molar-refractivity contribution in [2.24, 2.45) is 5.92 Å². The van der Waals surface area contributed by atoms with Crippen molar-refractivity contribution in [3.05, 3.63) is 29.3 Å². The third kappa shape index (κ3) is 3.51. The maximum Gasteiger partial charge on any atom is 0.251 e. The first-order valence-corrected chi connectivity index (χ1v) is 7.26. The molecule has 1 fully saturated rings. The topological polar surface area (TPSA) is 75.4 Å². The monoisotopic (exact) mass is 276 g/mol. The molecule has 2 rings (SSSR count). The highest BCUT2D eigenvalue weighted by atomic mass is 16.3. The summed E-state index contributed by atoms with van der Waals surface area (Å²) in [7, 11) is 0. The molecule has 1 saturated carbocycles. The Morgan fingerprint density at radius 3 is 2.70 bits per heavy atom. The quantitative estimate of drug-likeness (QED) is 0.741. The molecule has 1 aromatic rings. The van der Waals surface area contributed by atoms with Crippen molar-refractivity contribution in [3.8, 4) is 0 Å². The van der Waals surface area contributed by atoms with E-state index in [-0.39, 0.29) is 5.91 Å². The Kier molecular flexibility index (Phi) is 4.33.